The largest absolute Gasteiger partial charge is 0.378 e. The van der Waals surface area contributed by atoms with E-state index < -0.39 is 0 Å². The first-order chi connectivity index (χ1) is 12.3. The third-order valence-electron chi connectivity index (χ3n) is 5.19. The maximum Gasteiger partial charge on any atom is 0.251 e. The second kappa shape index (κ2) is 7.31. The van der Waals surface area contributed by atoms with Gasteiger partial charge in [0.05, 0.1) is 13.2 Å². The summed E-state index contributed by atoms with van der Waals surface area (Å²) in [5.41, 5.74) is 2.34. The maximum atomic E-state index is 12.2. The van der Waals surface area contributed by atoms with Gasteiger partial charge in [-0.15, -0.1) is 0 Å². The van der Waals surface area contributed by atoms with Gasteiger partial charge in [-0.2, -0.15) is 0 Å². The Morgan fingerprint density at radius 1 is 1.08 bits per heavy atom. The molecule has 5 heteroatoms. The molecule has 0 radical (unpaired) electrons. The number of nitrogens with zero attached hydrogens (tertiary/aromatic N) is 2. The second-order valence-electron chi connectivity index (χ2n) is 6.87. The molecule has 3 heterocycles. The lowest BCUT2D eigenvalue weighted by atomic mass is 10.0. The number of anilines is 2. The molecule has 0 saturated carbocycles. The topological polar surface area (TPSA) is 48.6 Å². The number of hydrogen-bond acceptors (Lipinski definition) is 4. The molecule has 0 spiro atoms. The van der Waals surface area contributed by atoms with E-state index in [0.29, 0.717) is 6.04 Å². The monoisotopic (exact) mass is 339 g/mol. The van der Waals surface area contributed by atoms with Crippen molar-refractivity contribution < 1.29 is 4.74 Å². The summed E-state index contributed by atoms with van der Waals surface area (Å²) < 4.78 is 5.43. The van der Waals surface area contributed by atoms with Crippen LogP contribution in [0.15, 0.2) is 47.3 Å². The van der Waals surface area contributed by atoms with Gasteiger partial charge < -0.3 is 19.5 Å². The van der Waals surface area contributed by atoms with E-state index in [2.05, 4.69) is 51.2 Å². The predicted molar refractivity (Wildman–Crippen MR) is 101 cm³/mol. The number of benzene rings is 1. The van der Waals surface area contributed by atoms with E-state index in [1.54, 1.807) is 6.07 Å². The summed E-state index contributed by atoms with van der Waals surface area (Å²) in [4.78, 5) is 19.9. The van der Waals surface area contributed by atoms with E-state index in [4.69, 9.17) is 4.74 Å². The first-order valence-corrected chi connectivity index (χ1v) is 9.17. The van der Waals surface area contributed by atoms with E-state index in [9.17, 15) is 4.79 Å². The number of aromatic amines is 1. The van der Waals surface area contributed by atoms with Crippen molar-refractivity contribution in [3.05, 3.63) is 58.4 Å². The molecular weight excluding hydrogens is 314 g/mol. The van der Waals surface area contributed by atoms with E-state index in [-0.39, 0.29) is 5.56 Å². The summed E-state index contributed by atoms with van der Waals surface area (Å²) in [5, 5.41) is 0. The fourth-order valence-electron chi connectivity index (χ4n) is 3.92. The molecule has 0 aliphatic carbocycles. The zero-order valence-electron chi connectivity index (χ0n) is 14.5. The van der Waals surface area contributed by atoms with Crippen LogP contribution in [0.2, 0.25) is 0 Å². The molecule has 2 fully saturated rings. The van der Waals surface area contributed by atoms with Crippen molar-refractivity contribution in [1.82, 2.24) is 4.98 Å². The number of ether oxygens (including phenoxy) is 1. The number of rotatable bonds is 4. The zero-order chi connectivity index (χ0) is 17.1. The third kappa shape index (κ3) is 3.71. The predicted octanol–water partition coefficient (Wildman–Crippen LogP) is 2.42. The molecule has 5 nitrogen and oxygen atoms in total. The first-order valence-electron chi connectivity index (χ1n) is 9.17. The van der Waals surface area contributed by atoms with Gasteiger partial charge in [0, 0.05) is 43.5 Å². The van der Waals surface area contributed by atoms with Crippen LogP contribution in [-0.2, 0) is 11.2 Å². The SMILES string of the molecule is O=c1cc(N2CCOCC2)cc(N2CCC[C@H]2Cc2ccccc2)[nH]1. The highest BCUT2D eigenvalue weighted by atomic mass is 16.5. The number of H-pyrrole nitrogens is 1. The van der Waals surface area contributed by atoms with E-state index in [1.165, 1.54) is 18.4 Å². The van der Waals surface area contributed by atoms with Gasteiger partial charge in [0.2, 0.25) is 0 Å². The van der Waals surface area contributed by atoms with E-state index in [0.717, 1.165) is 50.8 Å². The molecule has 2 aliphatic rings. The summed E-state index contributed by atoms with van der Waals surface area (Å²) in [6.07, 6.45) is 3.35. The van der Waals surface area contributed by atoms with Crippen LogP contribution < -0.4 is 15.4 Å². The molecular formula is C20H25N3O2. The zero-order valence-corrected chi connectivity index (χ0v) is 14.5. The lowest BCUT2D eigenvalue weighted by Gasteiger charge is -2.31. The molecule has 1 aromatic carbocycles. The summed E-state index contributed by atoms with van der Waals surface area (Å²) in [5.74, 6) is 0.951. The minimum absolute atomic E-state index is 0.0237. The second-order valence-corrected chi connectivity index (χ2v) is 6.87. The van der Waals surface area contributed by atoms with Crippen LogP contribution >= 0.6 is 0 Å². The Hall–Kier alpha value is -2.27. The van der Waals surface area contributed by atoms with Crippen LogP contribution in [0.4, 0.5) is 11.5 Å². The van der Waals surface area contributed by atoms with Gasteiger partial charge in [0.1, 0.15) is 5.82 Å². The number of hydrogen-bond donors (Lipinski definition) is 1. The lowest BCUT2D eigenvalue weighted by Crippen LogP contribution is -2.37. The standard InChI is InChI=1S/C20H25N3O2/c24-20-15-18(22-9-11-25-12-10-22)14-19(21-20)23-8-4-7-17(23)13-16-5-2-1-3-6-16/h1-3,5-6,14-15,17H,4,7-13H2,(H,21,24)/t17-/m0/s1. The van der Waals surface area contributed by atoms with Crippen molar-refractivity contribution in [2.75, 3.05) is 42.6 Å². The third-order valence-corrected chi connectivity index (χ3v) is 5.19. The Bertz CT molecular complexity index is 753. The van der Waals surface area contributed by atoms with Crippen LogP contribution in [-0.4, -0.2) is 43.9 Å². The molecule has 1 aromatic heterocycles. The Morgan fingerprint density at radius 2 is 1.88 bits per heavy atom. The Labute approximate surface area is 148 Å². The van der Waals surface area contributed by atoms with Crippen molar-refractivity contribution in [2.45, 2.75) is 25.3 Å². The van der Waals surface area contributed by atoms with Gasteiger partial charge in [-0.1, -0.05) is 30.3 Å². The van der Waals surface area contributed by atoms with Crippen molar-refractivity contribution in [3.63, 3.8) is 0 Å². The molecule has 4 rings (SSSR count). The summed E-state index contributed by atoms with van der Waals surface area (Å²) in [7, 11) is 0. The molecule has 132 valence electrons. The molecule has 0 amide bonds. The average molecular weight is 339 g/mol. The summed E-state index contributed by atoms with van der Waals surface area (Å²) >= 11 is 0. The Balaban J connectivity index is 1.57. The van der Waals surface area contributed by atoms with Gasteiger partial charge in [-0.05, 0) is 24.8 Å². The number of nitrogens with one attached hydrogen (secondary N) is 1. The summed E-state index contributed by atoms with van der Waals surface area (Å²) in [6.45, 7) is 4.14. The molecule has 1 N–H and O–H groups in total. The van der Waals surface area contributed by atoms with E-state index in [1.807, 2.05) is 0 Å². The van der Waals surface area contributed by atoms with Crippen LogP contribution in [0.5, 0.6) is 0 Å². The average Bonchev–Trinajstić information content (AvgIpc) is 3.11. The van der Waals surface area contributed by atoms with Gasteiger partial charge in [0.25, 0.3) is 5.56 Å². The van der Waals surface area contributed by atoms with Crippen LogP contribution in [0.1, 0.15) is 18.4 Å². The first kappa shape index (κ1) is 16.2. The smallest absolute Gasteiger partial charge is 0.251 e. The van der Waals surface area contributed by atoms with Gasteiger partial charge >= 0.3 is 0 Å². The fraction of sp³-hybridized carbons (Fsp3) is 0.450. The number of aromatic nitrogens is 1. The molecule has 1 atom stereocenters. The molecule has 25 heavy (non-hydrogen) atoms. The highest BCUT2D eigenvalue weighted by Crippen LogP contribution is 2.28. The Morgan fingerprint density at radius 3 is 2.68 bits per heavy atom. The van der Waals surface area contributed by atoms with Crippen molar-refractivity contribution in [1.29, 1.82) is 0 Å². The van der Waals surface area contributed by atoms with Gasteiger partial charge in [0.15, 0.2) is 0 Å². The number of morpholine rings is 1. The highest BCUT2D eigenvalue weighted by molar-refractivity contribution is 5.56. The van der Waals surface area contributed by atoms with Gasteiger partial charge in [-0.25, -0.2) is 0 Å². The lowest BCUT2D eigenvalue weighted by molar-refractivity contribution is 0.122. The minimum Gasteiger partial charge on any atom is -0.378 e. The van der Waals surface area contributed by atoms with Crippen LogP contribution in [0.25, 0.3) is 0 Å². The molecule has 2 aliphatic heterocycles. The Kier molecular flexibility index (Phi) is 4.74. The summed E-state index contributed by atoms with van der Waals surface area (Å²) in [6, 6.07) is 14.9. The molecule has 0 unspecified atom stereocenters. The van der Waals surface area contributed by atoms with Crippen LogP contribution in [0.3, 0.4) is 0 Å². The highest BCUT2D eigenvalue weighted by Gasteiger charge is 2.26. The van der Waals surface area contributed by atoms with Crippen molar-refractivity contribution in [3.8, 4) is 0 Å². The quantitative estimate of drug-likeness (QED) is 0.929. The van der Waals surface area contributed by atoms with Crippen molar-refractivity contribution >= 4 is 11.5 Å². The molecule has 2 saturated heterocycles. The molecule has 0 bridgehead atoms. The fourth-order valence-corrected chi connectivity index (χ4v) is 3.92. The number of pyridine rings is 1. The maximum absolute atomic E-state index is 12.2. The molecule has 2 aromatic rings. The normalized spacial score (nSPS) is 20.9. The van der Waals surface area contributed by atoms with Crippen molar-refractivity contribution in [2.24, 2.45) is 0 Å². The van der Waals surface area contributed by atoms with Crippen LogP contribution in [0, 0.1) is 0 Å². The minimum atomic E-state index is -0.0237. The van der Waals surface area contributed by atoms with Gasteiger partial charge in [-0.3, -0.25) is 4.79 Å². The van der Waals surface area contributed by atoms with E-state index >= 15 is 0 Å².